The van der Waals surface area contributed by atoms with Gasteiger partial charge in [-0.05, 0) is 37.7 Å². The van der Waals surface area contributed by atoms with Crippen molar-refractivity contribution in [3.63, 3.8) is 0 Å². The van der Waals surface area contributed by atoms with E-state index in [-0.39, 0.29) is 0 Å². The molecule has 1 aromatic heterocycles. The maximum absolute atomic E-state index is 4.66. The second kappa shape index (κ2) is 6.56. The van der Waals surface area contributed by atoms with E-state index in [9.17, 15) is 0 Å². The van der Waals surface area contributed by atoms with E-state index >= 15 is 0 Å². The van der Waals surface area contributed by atoms with Crippen molar-refractivity contribution in [3.05, 3.63) is 18.0 Å². The summed E-state index contributed by atoms with van der Waals surface area (Å²) < 4.78 is 2.09. The Hall–Kier alpha value is -0.830. The van der Waals surface area contributed by atoms with E-state index in [1.54, 1.807) is 0 Å². The summed E-state index contributed by atoms with van der Waals surface area (Å²) in [6, 6.07) is 3.32. The smallest absolute Gasteiger partial charge is 0.0762 e. The fourth-order valence-electron chi connectivity index (χ4n) is 3.01. The molecule has 4 atom stereocenters. The second-order valence-corrected chi connectivity index (χ2v) is 6.30. The zero-order valence-corrected chi connectivity index (χ0v) is 12.9. The van der Waals surface area contributed by atoms with Gasteiger partial charge in [-0.15, -0.1) is 0 Å². The summed E-state index contributed by atoms with van der Waals surface area (Å²) in [4.78, 5) is 0. The number of hydrogen-bond donors (Lipinski definition) is 1. The van der Waals surface area contributed by atoms with Crippen molar-refractivity contribution in [2.24, 2.45) is 11.8 Å². The van der Waals surface area contributed by atoms with Gasteiger partial charge in [0, 0.05) is 24.8 Å². The van der Waals surface area contributed by atoms with Crippen molar-refractivity contribution in [3.8, 4) is 0 Å². The van der Waals surface area contributed by atoms with Crippen molar-refractivity contribution in [1.29, 1.82) is 0 Å². The second-order valence-electron chi connectivity index (χ2n) is 6.30. The summed E-state index contributed by atoms with van der Waals surface area (Å²) in [6.07, 6.45) is 7.31. The molecule has 19 heavy (non-hydrogen) atoms. The predicted molar refractivity (Wildman–Crippen MR) is 80.0 cm³/mol. The standard InChI is InChI=1S/C16H29N3/c1-5-13(3)19-10-9-15(18-19)11-17-16-8-6-7-12(2)14(16)4/h9-10,12-14,16-17H,5-8,11H2,1-4H3. The lowest BCUT2D eigenvalue weighted by molar-refractivity contribution is 0.205. The van der Waals surface area contributed by atoms with Gasteiger partial charge in [-0.25, -0.2) is 0 Å². The molecular formula is C16H29N3. The first-order chi connectivity index (χ1) is 9.11. The zero-order chi connectivity index (χ0) is 13.8. The van der Waals surface area contributed by atoms with E-state index in [0.29, 0.717) is 12.1 Å². The summed E-state index contributed by atoms with van der Waals surface area (Å²) in [5.41, 5.74) is 1.17. The molecule has 1 fully saturated rings. The number of nitrogens with one attached hydrogen (secondary N) is 1. The molecule has 1 aliphatic rings. The molecule has 1 aliphatic carbocycles. The van der Waals surface area contributed by atoms with Gasteiger partial charge < -0.3 is 5.32 Å². The van der Waals surface area contributed by atoms with E-state index < -0.39 is 0 Å². The minimum Gasteiger partial charge on any atom is -0.308 e. The number of rotatable bonds is 5. The Kier molecular flexibility index (Phi) is 5.03. The summed E-state index contributed by atoms with van der Waals surface area (Å²) in [6.45, 7) is 10.1. The Morgan fingerprint density at radius 1 is 1.42 bits per heavy atom. The molecule has 1 N–H and O–H groups in total. The Balaban J connectivity index is 1.86. The molecule has 0 aromatic carbocycles. The van der Waals surface area contributed by atoms with Gasteiger partial charge in [0.2, 0.25) is 0 Å². The van der Waals surface area contributed by atoms with Gasteiger partial charge >= 0.3 is 0 Å². The topological polar surface area (TPSA) is 29.9 Å². The quantitative estimate of drug-likeness (QED) is 0.876. The third-order valence-electron chi connectivity index (χ3n) is 4.96. The van der Waals surface area contributed by atoms with Crippen LogP contribution in [0.15, 0.2) is 12.3 Å². The first kappa shape index (κ1) is 14.6. The van der Waals surface area contributed by atoms with E-state index in [4.69, 9.17) is 0 Å². The van der Waals surface area contributed by atoms with Crippen molar-refractivity contribution >= 4 is 0 Å². The predicted octanol–water partition coefficient (Wildman–Crippen LogP) is 3.77. The van der Waals surface area contributed by atoms with Crippen LogP contribution in [0.25, 0.3) is 0 Å². The average Bonchev–Trinajstić information content (AvgIpc) is 2.88. The number of nitrogens with zero attached hydrogens (tertiary/aromatic N) is 2. The van der Waals surface area contributed by atoms with Crippen molar-refractivity contribution in [2.45, 2.75) is 72.0 Å². The molecule has 0 bridgehead atoms. The minimum absolute atomic E-state index is 0.502. The van der Waals surface area contributed by atoms with Crippen LogP contribution in [-0.2, 0) is 6.54 Å². The normalized spacial score (nSPS) is 29.4. The Labute approximate surface area is 117 Å². The van der Waals surface area contributed by atoms with E-state index in [1.165, 1.54) is 25.0 Å². The van der Waals surface area contributed by atoms with Crippen LogP contribution in [0.1, 0.15) is 65.1 Å². The summed E-state index contributed by atoms with van der Waals surface area (Å²) in [7, 11) is 0. The van der Waals surface area contributed by atoms with Gasteiger partial charge in [0.1, 0.15) is 0 Å². The Morgan fingerprint density at radius 3 is 2.95 bits per heavy atom. The third-order valence-corrected chi connectivity index (χ3v) is 4.96. The van der Waals surface area contributed by atoms with Gasteiger partial charge in [0.15, 0.2) is 0 Å². The first-order valence-corrected chi connectivity index (χ1v) is 7.89. The first-order valence-electron chi connectivity index (χ1n) is 7.89. The van der Waals surface area contributed by atoms with Crippen LogP contribution in [0.2, 0.25) is 0 Å². The zero-order valence-electron chi connectivity index (χ0n) is 12.9. The van der Waals surface area contributed by atoms with E-state index in [0.717, 1.165) is 24.8 Å². The van der Waals surface area contributed by atoms with Crippen LogP contribution in [0, 0.1) is 11.8 Å². The van der Waals surface area contributed by atoms with Gasteiger partial charge in [-0.1, -0.05) is 33.6 Å². The molecule has 3 heteroatoms. The van der Waals surface area contributed by atoms with E-state index in [1.807, 2.05) is 0 Å². The van der Waals surface area contributed by atoms with Crippen LogP contribution < -0.4 is 5.32 Å². The fraction of sp³-hybridized carbons (Fsp3) is 0.812. The molecule has 0 saturated heterocycles. The molecular weight excluding hydrogens is 234 g/mol. The highest BCUT2D eigenvalue weighted by atomic mass is 15.3. The molecule has 3 nitrogen and oxygen atoms in total. The van der Waals surface area contributed by atoms with Gasteiger partial charge in [-0.2, -0.15) is 5.10 Å². The van der Waals surface area contributed by atoms with Crippen LogP contribution in [0.3, 0.4) is 0 Å². The molecule has 1 heterocycles. The summed E-state index contributed by atoms with van der Waals surface area (Å²) in [5, 5.41) is 8.38. The highest BCUT2D eigenvalue weighted by molar-refractivity contribution is 5.00. The lowest BCUT2D eigenvalue weighted by Gasteiger charge is -2.34. The molecule has 0 spiro atoms. The molecule has 2 rings (SSSR count). The van der Waals surface area contributed by atoms with Crippen molar-refractivity contribution in [2.75, 3.05) is 0 Å². The highest BCUT2D eigenvalue weighted by Gasteiger charge is 2.26. The van der Waals surface area contributed by atoms with Crippen LogP contribution in [0.5, 0.6) is 0 Å². The Morgan fingerprint density at radius 2 is 2.21 bits per heavy atom. The summed E-state index contributed by atoms with van der Waals surface area (Å²) in [5.74, 6) is 1.63. The maximum atomic E-state index is 4.66. The van der Waals surface area contributed by atoms with E-state index in [2.05, 4.69) is 55.1 Å². The third kappa shape index (κ3) is 3.59. The molecule has 1 saturated carbocycles. The monoisotopic (exact) mass is 263 g/mol. The van der Waals surface area contributed by atoms with Gasteiger partial charge in [0.25, 0.3) is 0 Å². The van der Waals surface area contributed by atoms with Crippen molar-refractivity contribution < 1.29 is 0 Å². The lowest BCUT2D eigenvalue weighted by atomic mass is 9.78. The lowest BCUT2D eigenvalue weighted by Crippen LogP contribution is -2.40. The summed E-state index contributed by atoms with van der Waals surface area (Å²) >= 11 is 0. The van der Waals surface area contributed by atoms with Gasteiger partial charge in [-0.3, -0.25) is 4.68 Å². The number of hydrogen-bond acceptors (Lipinski definition) is 2. The molecule has 108 valence electrons. The molecule has 0 aliphatic heterocycles. The SMILES string of the molecule is CCC(C)n1ccc(CNC2CCCC(C)C2C)n1. The average molecular weight is 263 g/mol. The number of aromatic nitrogens is 2. The molecule has 0 amide bonds. The van der Waals surface area contributed by atoms with Crippen LogP contribution >= 0.6 is 0 Å². The molecule has 0 radical (unpaired) electrons. The highest BCUT2D eigenvalue weighted by Crippen LogP contribution is 2.29. The Bertz CT molecular complexity index is 385. The van der Waals surface area contributed by atoms with Gasteiger partial charge in [0.05, 0.1) is 5.69 Å². The molecule has 1 aromatic rings. The molecule has 4 unspecified atom stereocenters. The van der Waals surface area contributed by atoms with Crippen LogP contribution in [0.4, 0.5) is 0 Å². The fourth-order valence-corrected chi connectivity index (χ4v) is 3.01. The maximum Gasteiger partial charge on any atom is 0.0762 e. The van der Waals surface area contributed by atoms with Crippen LogP contribution in [-0.4, -0.2) is 15.8 Å². The minimum atomic E-state index is 0.502. The van der Waals surface area contributed by atoms with Crippen molar-refractivity contribution in [1.82, 2.24) is 15.1 Å². The largest absolute Gasteiger partial charge is 0.308 e.